The van der Waals surface area contributed by atoms with E-state index in [0.717, 1.165) is 11.2 Å². The van der Waals surface area contributed by atoms with Crippen LogP contribution in [0, 0.1) is 6.92 Å². The number of nitrogens with zero attached hydrogens (tertiary/aromatic N) is 2. The first-order valence-corrected chi connectivity index (χ1v) is 12.7. The Kier molecular flexibility index (Phi) is 8.80. The van der Waals surface area contributed by atoms with Crippen molar-refractivity contribution in [2.45, 2.75) is 51.5 Å². The Hall–Kier alpha value is -3.41. The second-order valence-corrected chi connectivity index (χ2v) is 9.88. The van der Waals surface area contributed by atoms with E-state index in [4.69, 9.17) is 10.5 Å². The molecule has 1 heterocycles. The molecule has 186 valence electrons. The van der Waals surface area contributed by atoms with Crippen LogP contribution in [0.25, 0.3) is 0 Å². The van der Waals surface area contributed by atoms with Gasteiger partial charge in [0.25, 0.3) is 11.5 Å². The van der Waals surface area contributed by atoms with Crippen LogP contribution < -0.4 is 21.9 Å². The van der Waals surface area contributed by atoms with Gasteiger partial charge in [0.15, 0.2) is 22.1 Å². The zero-order chi connectivity index (χ0) is 25.6. The molecule has 0 aliphatic rings. The predicted molar refractivity (Wildman–Crippen MR) is 128 cm³/mol. The number of aromatic amines is 1. The van der Waals surface area contributed by atoms with Gasteiger partial charge in [-0.1, -0.05) is 26.3 Å². The Morgan fingerprint density at radius 2 is 1.85 bits per heavy atom. The number of nitrogens with two attached hydrogens (primary N) is 1. The number of aryl methyl sites for hydroxylation is 1. The Labute approximate surface area is 197 Å². The zero-order valence-electron chi connectivity index (χ0n) is 19.7. The maximum Gasteiger partial charge on any atom is 0.338 e. The van der Waals surface area contributed by atoms with E-state index in [9.17, 15) is 27.6 Å². The quantitative estimate of drug-likeness (QED) is 0.466. The molecule has 1 aromatic carbocycles. The molecule has 0 fully saturated rings. The Bertz CT molecular complexity index is 1300. The number of ether oxygens (including phenoxy) is 1. The molecule has 3 N–H and O–H groups in total. The molecule has 2 rings (SSSR count). The van der Waals surface area contributed by atoms with Crippen molar-refractivity contribution >= 4 is 33.2 Å². The van der Waals surface area contributed by atoms with Crippen molar-refractivity contribution < 1.29 is 22.7 Å². The first-order chi connectivity index (χ1) is 15.9. The van der Waals surface area contributed by atoms with Gasteiger partial charge in [-0.05, 0) is 37.5 Å². The number of benzene rings is 1. The van der Waals surface area contributed by atoms with Gasteiger partial charge in [0.2, 0.25) is 0 Å². The SMILES string of the molecule is CCCCN(C(=O)COC(=O)c1cc(S(C)(=O)=O)ccc1C)c1c(N)n(CCC)c(=O)[nH]c1=O. The number of anilines is 2. The van der Waals surface area contributed by atoms with E-state index >= 15 is 0 Å². The lowest BCUT2D eigenvalue weighted by molar-refractivity contribution is -0.121. The Morgan fingerprint density at radius 3 is 2.44 bits per heavy atom. The number of hydrogen-bond acceptors (Lipinski definition) is 8. The molecule has 0 radical (unpaired) electrons. The maximum absolute atomic E-state index is 13.0. The van der Waals surface area contributed by atoms with Crippen LogP contribution in [0.1, 0.15) is 49.0 Å². The number of amides is 1. The lowest BCUT2D eigenvalue weighted by atomic mass is 10.1. The molecule has 0 bridgehead atoms. The second-order valence-electron chi connectivity index (χ2n) is 7.87. The number of unbranched alkanes of at least 4 members (excludes halogenated alkanes) is 1. The van der Waals surface area contributed by atoms with E-state index in [2.05, 4.69) is 4.98 Å². The number of hydrogen-bond donors (Lipinski definition) is 2. The number of H-pyrrole nitrogens is 1. The highest BCUT2D eigenvalue weighted by molar-refractivity contribution is 7.90. The van der Waals surface area contributed by atoms with Gasteiger partial charge in [0, 0.05) is 19.3 Å². The highest BCUT2D eigenvalue weighted by Gasteiger charge is 2.25. The number of rotatable bonds is 10. The molecule has 1 amide bonds. The van der Waals surface area contributed by atoms with Crippen molar-refractivity contribution in [3.05, 3.63) is 50.2 Å². The fourth-order valence-electron chi connectivity index (χ4n) is 3.30. The van der Waals surface area contributed by atoms with Crippen LogP contribution >= 0.6 is 0 Å². The van der Waals surface area contributed by atoms with Crippen LogP contribution in [0.4, 0.5) is 11.5 Å². The van der Waals surface area contributed by atoms with Crippen LogP contribution in [-0.4, -0.2) is 49.3 Å². The molecule has 11 nitrogen and oxygen atoms in total. The summed E-state index contributed by atoms with van der Waals surface area (Å²) in [6, 6.07) is 4.04. The summed E-state index contributed by atoms with van der Waals surface area (Å²) in [5.74, 6) is -1.75. The molecule has 0 saturated carbocycles. The van der Waals surface area contributed by atoms with Gasteiger partial charge in [0.05, 0.1) is 10.5 Å². The summed E-state index contributed by atoms with van der Waals surface area (Å²) in [6.45, 7) is 4.98. The standard InChI is InChI=1S/C22H30N4O7S/c1-5-7-11-25(18-19(23)26(10-6-2)22(30)24-20(18)28)17(27)13-33-21(29)16-12-15(34(4,31)32)9-8-14(16)3/h8-9,12H,5-7,10-11,13,23H2,1-4H3,(H,24,28,30). The van der Waals surface area contributed by atoms with E-state index in [1.54, 1.807) is 6.92 Å². The molecule has 34 heavy (non-hydrogen) atoms. The average Bonchev–Trinajstić information content (AvgIpc) is 2.76. The van der Waals surface area contributed by atoms with Gasteiger partial charge in [-0.3, -0.25) is 19.1 Å². The minimum Gasteiger partial charge on any atom is -0.452 e. The van der Waals surface area contributed by atoms with Crippen molar-refractivity contribution in [3.63, 3.8) is 0 Å². The summed E-state index contributed by atoms with van der Waals surface area (Å²) in [4.78, 5) is 53.5. The number of carbonyl (C=O) groups is 2. The normalized spacial score (nSPS) is 11.3. The number of nitrogen functional groups attached to an aromatic ring is 1. The summed E-state index contributed by atoms with van der Waals surface area (Å²) in [5.41, 5.74) is 4.89. The Balaban J connectivity index is 2.35. The number of esters is 1. The van der Waals surface area contributed by atoms with Crippen LogP contribution in [0.2, 0.25) is 0 Å². The largest absolute Gasteiger partial charge is 0.452 e. The third-order valence-corrected chi connectivity index (χ3v) is 6.26. The van der Waals surface area contributed by atoms with E-state index < -0.39 is 39.6 Å². The van der Waals surface area contributed by atoms with Crippen molar-refractivity contribution in [3.8, 4) is 0 Å². The smallest absolute Gasteiger partial charge is 0.338 e. The maximum atomic E-state index is 13.0. The molecule has 0 unspecified atom stereocenters. The van der Waals surface area contributed by atoms with Gasteiger partial charge < -0.3 is 15.4 Å². The van der Waals surface area contributed by atoms with E-state index in [-0.39, 0.29) is 35.1 Å². The summed E-state index contributed by atoms with van der Waals surface area (Å²) in [5, 5.41) is 0. The summed E-state index contributed by atoms with van der Waals surface area (Å²) in [6.07, 6.45) is 2.82. The number of sulfone groups is 1. The first kappa shape index (κ1) is 26.8. The zero-order valence-corrected chi connectivity index (χ0v) is 20.5. The topological polar surface area (TPSA) is 162 Å². The molecule has 2 aromatic rings. The first-order valence-electron chi connectivity index (χ1n) is 10.8. The molecule has 0 spiro atoms. The number of nitrogens with one attached hydrogen (secondary N) is 1. The van der Waals surface area contributed by atoms with E-state index in [0.29, 0.717) is 24.8 Å². The number of aromatic nitrogens is 2. The van der Waals surface area contributed by atoms with Crippen LogP contribution in [-0.2, 0) is 25.9 Å². The second kappa shape index (κ2) is 11.1. The van der Waals surface area contributed by atoms with Crippen LogP contribution in [0.3, 0.4) is 0 Å². The summed E-state index contributed by atoms with van der Waals surface area (Å²) < 4.78 is 30.0. The van der Waals surface area contributed by atoms with Gasteiger partial charge in [-0.25, -0.2) is 18.0 Å². The predicted octanol–water partition coefficient (Wildman–Crippen LogP) is 1.23. The number of carbonyl (C=O) groups excluding carboxylic acids is 2. The monoisotopic (exact) mass is 494 g/mol. The molecular formula is C22H30N4O7S. The van der Waals surface area contributed by atoms with Crippen molar-refractivity contribution in [1.29, 1.82) is 0 Å². The minimum atomic E-state index is -3.55. The fraction of sp³-hybridized carbons (Fsp3) is 0.455. The van der Waals surface area contributed by atoms with Crippen LogP contribution in [0.5, 0.6) is 0 Å². The van der Waals surface area contributed by atoms with Crippen molar-refractivity contribution in [1.82, 2.24) is 9.55 Å². The van der Waals surface area contributed by atoms with E-state index in [1.807, 2.05) is 13.8 Å². The summed E-state index contributed by atoms with van der Waals surface area (Å²) in [7, 11) is -3.55. The lowest BCUT2D eigenvalue weighted by Crippen LogP contribution is -2.43. The Morgan fingerprint density at radius 1 is 1.18 bits per heavy atom. The molecule has 1 aromatic heterocycles. The van der Waals surface area contributed by atoms with Crippen molar-refractivity contribution in [2.24, 2.45) is 0 Å². The fourth-order valence-corrected chi connectivity index (χ4v) is 3.94. The van der Waals surface area contributed by atoms with Gasteiger partial charge in [0.1, 0.15) is 5.82 Å². The van der Waals surface area contributed by atoms with Gasteiger partial charge >= 0.3 is 11.7 Å². The molecule has 0 aliphatic heterocycles. The molecule has 0 aliphatic carbocycles. The highest BCUT2D eigenvalue weighted by atomic mass is 32.2. The molecular weight excluding hydrogens is 464 g/mol. The van der Waals surface area contributed by atoms with Crippen molar-refractivity contribution in [2.75, 3.05) is 30.0 Å². The summed E-state index contributed by atoms with van der Waals surface area (Å²) >= 11 is 0. The average molecular weight is 495 g/mol. The molecule has 0 saturated heterocycles. The minimum absolute atomic E-state index is 0.00434. The van der Waals surface area contributed by atoms with Gasteiger partial charge in [-0.15, -0.1) is 0 Å². The molecule has 0 atom stereocenters. The van der Waals surface area contributed by atoms with Gasteiger partial charge in [-0.2, -0.15) is 0 Å². The highest BCUT2D eigenvalue weighted by Crippen LogP contribution is 2.19. The lowest BCUT2D eigenvalue weighted by Gasteiger charge is -2.24. The van der Waals surface area contributed by atoms with Crippen LogP contribution in [0.15, 0.2) is 32.7 Å². The van der Waals surface area contributed by atoms with E-state index in [1.165, 1.54) is 22.8 Å². The third-order valence-electron chi connectivity index (χ3n) is 5.15. The third kappa shape index (κ3) is 6.13. The molecule has 12 heteroatoms.